The molecule has 0 saturated carbocycles. The van der Waals surface area contributed by atoms with Crippen molar-refractivity contribution < 1.29 is 0 Å². The number of nitrogen functional groups attached to an aromatic ring is 1. The first kappa shape index (κ1) is 13.0. The van der Waals surface area contributed by atoms with E-state index in [0.717, 1.165) is 24.2 Å². The number of hydrogen-bond acceptors (Lipinski definition) is 3. The van der Waals surface area contributed by atoms with Gasteiger partial charge >= 0.3 is 0 Å². The van der Waals surface area contributed by atoms with E-state index in [1.807, 2.05) is 18.3 Å². The molecule has 18 heavy (non-hydrogen) atoms. The second-order valence-corrected chi connectivity index (χ2v) is 4.71. The molecular weight excluding hydrogens is 269 g/mol. The van der Waals surface area contributed by atoms with Crippen LogP contribution in [0.15, 0.2) is 36.7 Å². The lowest BCUT2D eigenvalue weighted by atomic mass is 10.2. The van der Waals surface area contributed by atoms with Gasteiger partial charge in [0.05, 0.1) is 15.7 Å². The number of halogens is 2. The van der Waals surface area contributed by atoms with E-state index in [1.54, 1.807) is 18.3 Å². The van der Waals surface area contributed by atoms with E-state index in [4.69, 9.17) is 28.9 Å². The molecule has 0 radical (unpaired) electrons. The van der Waals surface area contributed by atoms with Crippen LogP contribution in [0.4, 0.5) is 11.4 Å². The molecule has 5 heteroatoms. The molecule has 0 unspecified atom stereocenters. The van der Waals surface area contributed by atoms with Gasteiger partial charge in [0.15, 0.2) is 0 Å². The maximum absolute atomic E-state index is 6.08. The minimum atomic E-state index is 0.534. The van der Waals surface area contributed by atoms with Crippen molar-refractivity contribution in [3.8, 4) is 0 Å². The van der Waals surface area contributed by atoms with Gasteiger partial charge in [0, 0.05) is 24.6 Å². The lowest BCUT2D eigenvalue weighted by Gasteiger charge is -2.11. The summed E-state index contributed by atoms with van der Waals surface area (Å²) >= 11 is 12.2. The van der Waals surface area contributed by atoms with Crippen molar-refractivity contribution in [3.05, 3.63) is 52.3 Å². The molecule has 0 atom stereocenters. The maximum atomic E-state index is 6.08. The van der Waals surface area contributed by atoms with Gasteiger partial charge in [-0.25, -0.2) is 0 Å². The van der Waals surface area contributed by atoms with Crippen LogP contribution in [-0.2, 0) is 6.42 Å². The Hall–Kier alpha value is -1.45. The quantitative estimate of drug-likeness (QED) is 0.842. The Morgan fingerprint density at radius 3 is 2.56 bits per heavy atom. The van der Waals surface area contributed by atoms with Gasteiger partial charge in [0.1, 0.15) is 0 Å². The van der Waals surface area contributed by atoms with Gasteiger partial charge in [-0.1, -0.05) is 29.3 Å². The van der Waals surface area contributed by atoms with Crippen LogP contribution < -0.4 is 11.1 Å². The Balaban J connectivity index is 1.99. The van der Waals surface area contributed by atoms with Crippen molar-refractivity contribution in [2.45, 2.75) is 6.42 Å². The summed E-state index contributed by atoms with van der Waals surface area (Å²) < 4.78 is 0. The first-order chi connectivity index (χ1) is 8.66. The van der Waals surface area contributed by atoms with Gasteiger partial charge in [0.2, 0.25) is 0 Å². The molecule has 3 nitrogen and oxygen atoms in total. The predicted octanol–water partition coefficient (Wildman–Crippen LogP) is 3.63. The summed E-state index contributed by atoms with van der Waals surface area (Å²) in [5.74, 6) is 0. The van der Waals surface area contributed by atoms with E-state index in [-0.39, 0.29) is 0 Å². The SMILES string of the molecule is Nc1cc(Cl)c(NCCc2cccnc2)c(Cl)c1. The zero-order chi connectivity index (χ0) is 13.0. The largest absolute Gasteiger partial charge is 0.399 e. The van der Waals surface area contributed by atoms with Crippen LogP contribution in [0.1, 0.15) is 5.56 Å². The maximum Gasteiger partial charge on any atom is 0.0720 e. The monoisotopic (exact) mass is 281 g/mol. The third-order valence-corrected chi connectivity index (χ3v) is 3.10. The number of anilines is 2. The number of nitrogens with one attached hydrogen (secondary N) is 1. The van der Waals surface area contributed by atoms with Gasteiger partial charge in [-0.05, 0) is 30.2 Å². The highest BCUT2D eigenvalue weighted by molar-refractivity contribution is 6.39. The summed E-state index contributed by atoms with van der Waals surface area (Å²) in [6.45, 7) is 0.731. The minimum Gasteiger partial charge on any atom is -0.399 e. The van der Waals surface area contributed by atoms with Crippen molar-refractivity contribution in [1.29, 1.82) is 0 Å². The van der Waals surface area contributed by atoms with Gasteiger partial charge in [-0.3, -0.25) is 4.98 Å². The average molecular weight is 282 g/mol. The van der Waals surface area contributed by atoms with Crippen molar-refractivity contribution in [1.82, 2.24) is 4.98 Å². The molecular formula is C13H13Cl2N3. The zero-order valence-corrected chi connectivity index (χ0v) is 11.2. The Kier molecular flexibility index (Phi) is 4.28. The summed E-state index contributed by atoms with van der Waals surface area (Å²) in [7, 11) is 0. The van der Waals surface area contributed by atoms with E-state index in [9.17, 15) is 0 Å². The molecule has 2 aromatic rings. The number of nitrogens with two attached hydrogens (primary N) is 1. The van der Waals surface area contributed by atoms with Crippen LogP contribution >= 0.6 is 23.2 Å². The van der Waals surface area contributed by atoms with Gasteiger partial charge < -0.3 is 11.1 Å². The van der Waals surface area contributed by atoms with Crippen LogP contribution in [0.25, 0.3) is 0 Å². The second-order valence-electron chi connectivity index (χ2n) is 3.90. The smallest absolute Gasteiger partial charge is 0.0720 e. The lowest BCUT2D eigenvalue weighted by molar-refractivity contribution is 1.01. The fraction of sp³-hybridized carbons (Fsp3) is 0.154. The zero-order valence-electron chi connectivity index (χ0n) is 9.66. The van der Waals surface area contributed by atoms with Gasteiger partial charge in [-0.2, -0.15) is 0 Å². The van der Waals surface area contributed by atoms with E-state index in [1.165, 1.54) is 0 Å². The van der Waals surface area contributed by atoms with Crippen LogP contribution in [0, 0.1) is 0 Å². The fourth-order valence-corrected chi connectivity index (χ4v) is 2.28. The highest BCUT2D eigenvalue weighted by atomic mass is 35.5. The van der Waals surface area contributed by atoms with Crippen molar-refractivity contribution >= 4 is 34.6 Å². The van der Waals surface area contributed by atoms with E-state index < -0.39 is 0 Å². The third-order valence-electron chi connectivity index (χ3n) is 2.50. The van der Waals surface area contributed by atoms with Gasteiger partial charge in [0.25, 0.3) is 0 Å². The minimum absolute atomic E-state index is 0.534. The Morgan fingerprint density at radius 1 is 1.22 bits per heavy atom. The van der Waals surface area contributed by atoms with Gasteiger partial charge in [-0.15, -0.1) is 0 Å². The molecule has 3 N–H and O–H groups in total. The Bertz CT molecular complexity index is 506. The molecule has 2 rings (SSSR count). The summed E-state index contributed by atoms with van der Waals surface area (Å²) in [5, 5.41) is 4.28. The number of aromatic nitrogens is 1. The summed E-state index contributed by atoms with van der Waals surface area (Å²) in [6.07, 6.45) is 4.45. The van der Waals surface area contributed by atoms with Crippen LogP contribution in [0.3, 0.4) is 0 Å². The molecule has 1 heterocycles. The van der Waals surface area contributed by atoms with E-state index >= 15 is 0 Å². The molecule has 0 aliphatic carbocycles. The van der Waals surface area contributed by atoms with Crippen LogP contribution in [0.5, 0.6) is 0 Å². The first-order valence-corrected chi connectivity index (χ1v) is 6.29. The topological polar surface area (TPSA) is 50.9 Å². The number of pyridine rings is 1. The standard InChI is InChI=1S/C13H13Cl2N3/c14-11-6-10(16)7-12(15)13(11)18-5-3-9-2-1-4-17-8-9/h1-2,4,6-8,18H,3,5,16H2. The van der Waals surface area contributed by atoms with Crippen molar-refractivity contribution in [3.63, 3.8) is 0 Å². The number of rotatable bonds is 4. The summed E-state index contributed by atoms with van der Waals surface area (Å²) in [5.41, 5.74) is 8.08. The molecule has 0 amide bonds. The van der Waals surface area contributed by atoms with Crippen LogP contribution in [0.2, 0.25) is 10.0 Å². The molecule has 1 aromatic heterocycles. The van der Waals surface area contributed by atoms with E-state index in [2.05, 4.69) is 10.3 Å². The molecule has 0 aliphatic heterocycles. The van der Waals surface area contributed by atoms with E-state index in [0.29, 0.717) is 15.7 Å². The first-order valence-electron chi connectivity index (χ1n) is 5.54. The highest BCUT2D eigenvalue weighted by Crippen LogP contribution is 2.32. The molecule has 94 valence electrons. The lowest BCUT2D eigenvalue weighted by Crippen LogP contribution is -2.06. The molecule has 1 aromatic carbocycles. The van der Waals surface area contributed by atoms with Crippen molar-refractivity contribution in [2.75, 3.05) is 17.6 Å². The number of benzene rings is 1. The molecule has 0 spiro atoms. The highest BCUT2D eigenvalue weighted by Gasteiger charge is 2.06. The predicted molar refractivity (Wildman–Crippen MR) is 77.3 cm³/mol. The second kappa shape index (κ2) is 5.94. The average Bonchev–Trinajstić information content (AvgIpc) is 2.34. The van der Waals surface area contributed by atoms with Crippen LogP contribution in [-0.4, -0.2) is 11.5 Å². The molecule has 0 bridgehead atoms. The third kappa shape index (κ3) is 3.28. The fourth-order valence-electron chi connectivity index (χ4n) is 1.64. The van der Waals surface area contributed by atoms with Crippen molar-refractivity contribution in [2.24, 2.45) is 0 Å². The summed E-state index contributed by atoms with van der Waals surface area (Å²) in [6, 6.07) is 7.30. The molecule has 0 fully saturated rings. The number of hydrogen-bond donors (Lipinski definition) is 2. The number of nitrogens with zero attached hydrogens (tertiary/aromatic N) is 1. The Labute approximate surface area is 116 Å². The summed E-state index contributed by atoms with van der Waals surface area (Å²) in [4.78, 5) is 4.06. The normalized spacial score (nSPS) is 10.3. The Morgan fingerprint density at radius 2 is 1.94 bits per heavy atom. The molecule has 0 saturated heterocycles. The molecule has 0 aliphatic rings.